The van der Waals surface area contributed by atoms with Gasteiger partial charge in [-0.25, -0.2) is 8.42 Å². The molecule has 40 heavy (non-hydrogen) atoms. The van der Waals surface area contributed by atoms with Gasteiger partial charge in [0.25, 0.3) is 10.0 Å². The standard InChI is InChI=1S/C32H39N3O4S/c1-3-30(32(37)33-27-17-7-4-8-18-27)34(23-26-16-14-13-15-25(26)2)31(36)24-35(28-19-9-5-10-20-28)40(38,39)29-21-11-6-12-22-29/h5-6,9-16,19-22,27,30H,3-4,7-8,17-18,23-24H2,1-2H3,(H,33,37)/t30-/m1/s1. The van der Waals surface area contributed by atoms with Crippen molar-refractivity contribution in [1.29, 1.82) is 0 Å². The van der Waals surface area contributed by atoms with Gasteiger partial charge in [0, 0.05) is 12.6 Å². The van der Waals surface area contributed by atoms with Gasteiger partial charge >= 0.3 is 0 Å². The van der Waals surface area contributed by atoms with Crippen molar-refractivity contribution in [1.82, 2.24) is 10.2 Å². The maximum Gasteiger partial charge on any atom is 0.264 e. The fraction of sp³-hybridized carbons (Fsp3) is 0.375. The van der Waals surface area contributed by atoms with Crippen molar-refractivity contribution in [2.75, 3.05) is 10.8 Å². The molecule has 0 radical (unpaired) electrons. The number of amides is 2. The number of anilines is 1. The number of hydrogen-bond donors (Lipinski definition) is 1. The Balaban J connectivity index is 1.68. The van der Waals surface area contributed by atoms with Crippen LogP contribution < -0.4 is 9.62 Å². The predicted octanol–water partition coefficient (Wildman–Crippen LogP) is 5.45. The highest BCUT2D eigenvalue weighted by Gasteiger charge is 2.34. The lowest BCUT2D eigenvalue weighted by atomic mass is 9.95. The first-order valence-electron chi connectivity index (χ1n) is 14.1. The zero-order chi connectivity index (χ0) is 28.5. The molecule has 0 saturated heterocycles. The van der Waals surface area contributed by atoms with Crippen LogP contribution in [0.15, 0.2) is 89.8 Å². The molecular formula is C32H39N3O4S. The molecule has 7 nitrogen and oxygen atoms in total. The van der Waals surface area contributed by atoms with Crippen LogP contribution in [0.4, 0.5) is 5.69 Å². The quantitative estimate of drug-likeness (QED) is 0.338. The van der Waals surface area contributed by atoms with E-state index in [0.717, 1.165) is 41.1 Å². The molecule has 1 atom stereocenters. The van der Waals surface area contributed by atoms with E-state index in [9.17, 15) is 18.0 Å². The van der Waals surface area contributed by atoms with Gasteiger partial charge in [-0.15, -0.1) is 0 Å². The maximum atomic E-state index is 14.2. The van der Waals surface area contributed by atoms with Crippen molar-refractivity contribution >= 4 is 27.5 Å². The lowest BCUT2D eigenvalue weighted by Crippen LogP contribution is -2.54. The lowest BCUT2D eigenvalue weighted by Gasteiger charge is -2.34. The van der Waals surface area contributed by atoms with Crippen LogP contribution in [0.3, 0.4) is 0 Å². The second-order valence-electron chi connectivity index (χ2n) is 10.4. The van der Waals surface area contributed by atoms with E-state index in [1.54, 1.807) is 53.4 Å². The molecular weight excluding hydrogens is 522 g/mol. The number of benzene rings is 3. The van der Waals surface area contributed by atoms with E-state index in [-0.39, 0.29) is 23.4 Å². The number of aryl methyl sites for hydroxylation is 1. The fourth-order valence-corrected chi connectivity index (χ4v) is 6.71. The number of nitrogens with zero attached hydrogens (tertiary/aromatic N) is 2. The largest absolute Gasteiger partial charge is 0.352 e. The third-order valence-electron chi connectivity index (χ3n) is 7.59. The zero-order valence-electron chi connectivity index (χ0n) is 23.3. The Morgan fingerprint density at radius 1 is 0.875 bits per heavy atom. The number of carbonyl (C=O) groups excluding carboxylic acids is 2. The van der Waals surface area contributed by atoms with Crippen LogP contribution in [0.25, 0.3) is 0 Å². The van der Waals surface area contributed by atoms with Crippen LogP contribution in [0, 0.1) is 6.92 Å². The van der Waals surface area contributed by atoms with Gasteiger partial charge < -0.3 is 10.2 Å². The van der Waals surface area contributed by atoms with E-state index in [2.05, 4.69) is 5.32 Å². The Labute approximate surface area is 238 Å². The molecule has 0 bridgehead atoms. The summed E-state index contributed by atoms with van der Waals surface area (Å²) in [5, 5.41) is 3.18. The lowest BCUT2D eigenvalue weighted by molar-refractivity contribution is -0.140. The summed E-state index contributed by atoms with van der Waals surface area (Å²) in [7, 11) is -4.05. The fourth-order valence-electron chi connectivity index (χ4n) is 5.28. The Bertz CT molecular complexity index is 1370. The molecule has 0 aliphatic heterocycles. The summed E-state index contributed by atoms with van der Waals surface area (Å²) < 4.78 is 28.8. The minimum absolute atomic E-state index is 0.0965. The number of rotatable bonds is 11. The second-order valence-corrected chi connectivity index (χ2v) is 12.2. The number of para-hydroxylation sites is 1. The normalized spacial score (nSPS) is 14.8. The van der Waals surface area contributed by atoms with E-state index in [1.165, 1.54) is 18.6 Å². The van der Waals surface area contributed by atoms with Crippen LogP contribution in [0.1, 0.15) is 56.6 Å². The highest BCUT2D eigenvalue weighted by molar-refractivity contribution is 7.92. The van der Waals surface area contributed by atoms with Gasteiger partial charge in [0.2, 0.25) is 11.8 Å². The zero-order valence-corrected chi connectivity index (χ0v) is 24.1. The van der Waals surface area contributed by atoms with Crippen LogP contribution in [-0.2, 0) is 26.2 Å². The Morgan fingerprint density at radius 2 is 1.48 bits per heavy atom. The van der Waals surface area contributed by atoms with Crippen molar-refractivity contribution in [2.24, 2.45) is 0 Å². The average molecular weight is 562 g/mol. The minimum Gasteiger partial charge on any atom is -0.352 e. The Kier molecular flexibility index (Phi) is 9.98. The topological polar surface area (TPSA) is 86.8 Å². The van der Waals surface area contributed by atoms with Gasteiger partial charge in [-0.1, -0.05) is 86.8 Å². The molecule has 1 saturated carbocycles. The van der Waals surface area contributed by atoms with Gasteiger partial charge in [0.1, 0.15) is 12.6 Å². The number of sulfonamides is 1. The first kappa shape index (κ1) is 29.3. The molecule has 0 unspecified atom stereocenters. The molecule has 212 valence electrons. The first-order chi connectivity index (χ1) is 19.3. The molecule has 1 N–H and O–H groups in total. The predicted molar refractivity (Wildman–Crippen MR) is 158 cm³/mol. The first-order valence-corrected chi connectivity index (χ1v) is 15.5. The molecule has 3 aromatic rings. The van der Waals surface area contributed by atoms with Crippen LogP contribution in [0.5, 0.6) is 0 Å². The van der Waals surface area contributed by atoms with Gasteiger partial charge in [-0.3, -0.25) is 13.9 Å². The molecule has 1 aliphatic rings. The molecule has 1 aliphatic carbocycles. The van der Waals surface area contributed by atoms with Crippen molar-refractivity contribution in [3.63, 3.8) is 0 Å². The summed E-state index contributed by atoms with van der Waals surface area (Å²) in [6.45, 7) is 3.63. The molecule has 4 rings (SSSR count). The number of hydrogen-bond acceptors (Lipinski definition) is 4. The summed E-state index contributed by atoms with van der Waals surface area (Å²) in [5.41, 5.74) is 2.30. The van der Waals surface area contributed by atoms with Crippen LogP contribution in [-0.4, -0.2) is 43.8 Å². The Hall–Kier alpha value is -3.65. The van der Waals surface area contributed by atoms with Crippen molar-refractivity contribution in [3.05, 3.63) is 96.1 Å². The van der Waals surface area contributed by atoms with E-state index in [1.807, 2.05) is 38.1 Å². The molecule has 0 heterocycles. The highest BCUT2D eigenvalue weighted by atomic mass is 32.2. The summed E-state index contributed by atoms with van der Waals surface area (Å²) in [6, 6.07) is 23.9. The molecule has 0 aromatic heterocycles. The third kappa shape index (κ3) is 7.10. The van der Waals surface area contributed by atoms with E-state index < -0.39 is 28.5 Å². The van der Waals surface area contributed by atoms with Gasteiger partial charge in [0.05, 0.1) is 10.6 Å². The third-order valence-corrected chi connectivity index (χ3v) is 9.38. The van der Waals surface area contributed by atoms with Crippen molar-refractivity contribution in [3.8, 4) is 0 Å². The summed E-state index contributed by atoms with van der Waals surface area (Å²) >= 11 is 0. The smallest absolute Gasteiger partial charge is 0.264 e. The van der Waals surface area contributed by atoms with Gasteiger partial charge in [-0.05, 0) is 61.6 Å². The molecule has 8 heteroatoms. The summed E-state index contributed by atoms with van der Waals surface area (Å²) in [4.78, 5) is 29.4. The maximum absolute atomic E-state index is 14.2. The minimum atomic E-state index is -4.05. The highest BCUT2D eigenvalue weighted by Crippen LogP contribution is 2.25. The SMILES string of the molecule is CC[C@H](C(=O)NC1CCCCC1)N(Cc1ccccc1C)C(=O)CN(c1ccccc1)S(=O)(=O)c1ccccc1. The van der Waals surface area contributed by atoms with E-state index in [0.29, 0.717) is 12.1 Å². The Morgan fingerprint density at radius 3 is 2.10 bits per heavy atom. The molecule has 3 aromatic carbocycles. The summed E-state index contributed by atoms with van der Waals surface area (Å²) in [5.74, 6) is -0.620. The van der Waals surface area contributed by atoms with Crippen LogP contribution in [0.2, 0.25) is 0 Å². The second kappa shape index (κ2) is 13.6. The average Bonchev–Trinajstić information content (AvgIpc) is 2.98. The van der Waals surface area contributed by atoms with Crippen LogP contribution >= 0.6 is 0 Å². The molecule has 0 spiro atoms. The monoisotopic (exact) mass is 561 g/mol. The van der Waals surface area contributed by atoms with Crippen molar-refractivity contribution < 1.29 is 18.0 Å². The van der Waals surface area contributed by atoms with E-state index >= 15 is 0 Å². The molecule has 2 amide bonds. The number of nitrogens with one attached hydrogen (secondary N) is 1. The van der Waals surface area contributed by atoms with Crippen molar-refractivity contribution in [2.45, 2.75) is 75.9 Å². The summed E-state index contributed by atoms with van der Waals surface area (Å²) in [6.07, 6.45) is 5.61. The van der Waals surface area contributed by atoms with Gasteiger partial charge in [0.15, 0.2) is 0 Å². The van der Waals surface area contributed by atoms with E-state index in [4.69, 9.17) is 0 Å². The van der Waals surface area contributed by atoms with Gasteiger partial charge in [-0.2, -0.15) is 0 Å². The number of carbonyl (C=O) groups is 2. The molecule has 1 fully saturated rings.